The number of phosphoric acid groups is 2. The molecule has 0 bridgehead atoms. The van der Waals surface area contributed by atoms with Gasteiger partial charge in [0.15, 0.2) is 12.2 Å². The standard InChI is InChI=1S/C80H156O17P2/c1-9-72(7)58-50-42-34-28-24-20-15-13-11-12-14-16-22-26-30-36-46-54-62-79(84)96-75(66-91-78(83)61-53-45-37-31-33-41-49-57-71(5)6)68-94-98(86,87)92-64-74(81)65-93-99(88,89)95-69-76(97-80(85)63-55-47-39-38-43-51-59-73(8)10-2)67-90-77(82)60-52-44-35-29-25-21-18-17-19-23-27-32-40-48-56-70(3)4/h70-76,81H,9-69H2,1-8H3,(H,86,87)(H,88,89)/t72?,73?,74?,75-,76-/m1/s1. The summed E-state index contributed by atoms with van der Waals surface area (Å²) in [7, 11) is -9.92. The average molecular weight is 1450 g/mol. The van der Waals surface area contributed by atoms with Crippen LogP contribution >= 0.6 is 15.6 Å². The minimum Gasteiger partial charge on any atom is -0.462 e. The molecule has 0 fully saturated rings. The van der Waals surface area contributed by atoms with E-state index in [1.54, 1.807) is 0 Å². The molecule has 99 heavy (non-hydrogen) atoms. The Kier molecular flexibility index (Phi) is 67.8. The van der Waals surface area contributed by atoms with E-state index in [0.717, 1.165) is 114 Å². The van der Waals surface area contributed by atoms with Crippen molar-refractivity contribution in [2.24, 2.45) is 23.7 Å². The number of ether oxygens (including phenoxy) is 4. The van der Waals surface area contributed by atoms with Crippen molar-refractivity contribution in [1.29, 1.82) is 0 Å². The van der Waals surface area contributed by atoms with Crippen molar-refractivity contribution in [2.45, 2.75) is 427 Å². The lowest BCUT2D eigenvalue weighted by molar-refractivity contribution is -0.161. The number of unbranched alkanes of at least 4 members (excludes halogenated alkanes) is 41. The fraction of sp³-hybridized carbons (Fsp3) is 0.950. The van der Waals surface area contributed by atoms with E-state index in [-0.39, 0.29) is 25.7 Å². The van der Waals surface area contributed by atoms with Crippen molar-refractivity contribution in [3.05, 3.63) is 0 Å². The van der Waals surface area contributed by atoms with E-state index < -0.39 is 97.5 Å². The second-order valence-corrected chi connectivity index (χ2v) is 33.1. The van der Waals surface area contributed by atoms with Gasteiger partial charge < -0.3 is 33.8 Å². The largest absolute Gasteiger partial charge is 0.472 e. The molecule has 0 aliphatic heterocycles. The predicted molar refractivity (Wildman–Crippen MR) is 404 cm³/mol. The summed E-state index contributed by atoms with van der Waals surface area (Å²) in [5.74, 6) is 0.975. The topological polar surface area (TPSA) is 237 Å². The molecule has 0 amide bonds. The van der Waals surface area contributed by atoms with Crippen molar-refractivity contribution >= 4 is 39.5 Å². The SMILES string of the molecule is CCC(C)CCCCCCCCCCCCCCCCCCCCC(=O)O[C@H](COC(=O)CCCCCCCCCC(C)C)COP(=O)(O)OCC(O)COP(=O)(O)OC[C@@H](COC(=O)CCCCCCCCCCCCCCCCC(C)C)OC(=O)CCCCCCCCC(C)CC. The third-order valence-corrected chi connectivity index (χ3v) is 21.2. The summed E-state index contributed by atoms with van der Waals surface area (Å²) in [5.41, 5.74) is 0. The van der Waals surface area contributed by atoms with Crippen molar-refractivity contribution in [2.75, 3.05) is 39.6 Å². The highest BCUT2D eigenvalue weighted by Crippen LogP contribution is 2.45. The lowest BCUT2D eigenvalue weighted by Crippen LogP contribution is -2.30. The number of aliphatic hydroxyl groups excluding tert-OH is 1. The second kappa shape index (κ2) is 69.1. The normalized spacial score (nSPS) is 14.6. The fourth-order valence-corrected chi connectivity index (χ4v) is 13.8. The van der Waals surface area contributed by atoms with Crippen LogP contribution in [0.15, 0.2) is 0 Å². The molecule has 7 atom stereocenters. The van der Waals surface area contributed by atoms with Gasteiger partial charge >= 0.3 is 39.5 Å². The van der Waals surface area contributed by atoms with Crippen LogP contribution in [0.2, 0.25) is 0 Å². The van der Waals surface area contributed by atoms with Crippen molar-refractivity contribution in [1.82, 2.24) is 0 Å². The first kappa shape index (κ1) is 97.1. The molecule has 0 saturated heterocycles. The van der Waals surface area contributed by atoms with Gasteiger partial charge in [-0.2, -0.15) is 0 Å². The number of aliphatic hydroxyl groups is 1. The van der Waals surface area contributed by atoms with Crippen LogP contribution in [0.25, 0.3) is 0 Å². The van der Waals surface area contributed by atoms with Crippen LogP contribution < -0.4 is 0 Å². The summed E-state index contributed by atoms with van der Waals surface area (Å²) in [6.45, 7) is 14.2. The van der Waals surface area contributed by atoms with Crippen molar-refractivity contribution in [3.63, 3.8) is 0 Å². The highest BCUT2D eigenvalue weighted by Gasteiger charge is 2.30. The molecule has 0 aromatic heterocycles. The molecular weight excluding hydrogens is 1290 g/mol. The maximum Gasteiger partial charge on any atom is 0.472 e. The Morgan fingerprint density at radius 2 is 0.485 bits per heavy atom. The minimum atomic E-state index is -4.96. The first-order valence-corrected chi connectivity index (χ1v) is 44.3. The van der Waals surface area contributed by atoms with E-state index in [1.807, 2.05) is 0 Å². The molecule has 17 nitrogen and oxygen atoms in total. The molecule has 0 saturated carbocycles. The van der Waals surface area contributed by atoms with Gasteiger partial charge in [0.05, 0.1) is 26.4 Å². The number of hydrogen-bond acceptors (Lipinski definition) is 15. The van der Waals surface area contributed by atoms with E-state index >= 15 is 0 Å². The van der Waals surface area contributed by atoms with Gasteiger partial charge in [-0.05, 0) is 49.4 Å². The number of rotatable bonds is 77. The molecule has 0 spiro atoms. The van der Waals surface area contributed by atoms with Crippen LogP contribution in [0, 0.1) is 23.7 Å². The number of carbonyl (C=O) groups is 4. The fourth-order valence-electron chi connectivity index (χ4n) is 12.2. The summed E-state index contributed by atoms with van der Waals surface area (Å²) < 4.78 is 68.6. The smallest absolute Gasteiger partial charge is 0.462 e. The van der Waals surface area contributed by atoms with Gasteiger partial charge in [-0.3, -0.25) is 37.3 Å². The zero-order valence-corrected chi connectivity index (χ0v) is 66.9. The van der Waals surface area contributed by atoms with Gasteiger partial charge in [-0.15, -0.1) is 0 Å². The molecule has 0 aliphatic rings. The molecule has 0 heterocycles. The van der Waals surface area contributed by atoms with Crippen LogP contribution in [-0.4, -0.2) is 96.7 Å². The first-order chi connectivity index (χ1) is 47.7. The molecule has 0 rings (SSSR count). The van der Waals surface area contributed by atoms with Gasteiger partial charge in [0.25, 0.3) is 0 Å². The quantitative estimate of drug-likeness (QED) is 0.0222. The number of esters is 4. The summed E-state index contributed by atoms with van der Waals surface area (Å²) in [4.78, 5) is 72.9. The molecule has 0 radical (unpaired) electrons. The molecule has 3 N–H and O–H groups in total. The Morgan fingerprint density at radius 3 is 0.717 bits per heavy atom. The van der Waals surface area contributed by atoms with Gasteiger partial charge in [-0.25, -0.2) is 9.13 Å². The molecule has 0 aromatic carbocycles. The predicted octanol–water partition coefficient (Wildman–Crippen LogP) is 23.6. The van der Waals surface area contributed by atoms with Gasteiger partial charge in [0.1, 0.15) is 19.3 Å². The average Bonchev–Trinajstić information content (AvgIpc) is 1.00. The molecule has 0 aromatic rings. The molecule has 0 aliphatic carbocycles. The van der Waals surface area contributed by atoms with Gasteiger partial charge in [-0.1, -0.05) is 357 Å². The van der Waals surface area contributed by atoms with Gasteiger partial charge in [0.2, 0.25) is 0 Å². The Hall–Kier alpha value is -1.94. The molecular formula is C80H156O17P2. The van der Waals surface area contributed by atoms with Crippen LogP contribution in [0.1, 0.15) is 409 Å². The first-order valence-electron chi connectivity index (χ1n) is 41.3. The summed E-state index contributed by atoms with van der Waals surface area (Å²) in [5, 5.41) is 10.6. The summed E-state index contributed by atoms with van der Waals surface area (Å²) >= 11 is 0. The second-order valence-electron chi connectivity index (χ2n) is 30.2. The highest BCUT2D eigenvalue weighted by molar-refractivity contribution is 7.47. The number of phosphoric ester groups is 2. The zero-order valence-electron chi connectivity index (χ0n) is 65.1. The minimum absolute atomic E-state index is 0.103. The Morgan fingerprint density at radius 1 is 0.283 bits per heavy atom. The monoisotopic (exact) mass is 1450 g/mol. The lowest BCUT2D eigenvalue weighted by atomic mass is 9.99. The Balaban J connectivity index is 5.15. The van der Waals surface area contributed by atoms with Crippen LogP contribution in [0.5, 0.6) is 0 Å². The maximum atomic E-state index is 13.1. The molecule has 5 unspecified atom stereocenters. The Bertz CT molecular complexity index is 1940. The maximum absolute atomic E-state index is 13.1. The van der Waals surface area contributed by atoms with E-state index in [9.17, 15) is 43.2 Å². The lowest BCUT2D eigenvalue weighted by Gasteiger charge is -2.21. The van der Waals surface area contributed by atoms with Crippen LogP contribution in [-0.2, 0) is 65.4 Å². The number of carbonyl (C=O) groups excluding carboxylic acids is 4. The third kappa shape index (κ3) is 71.5. The van der Waals surface area contributed by atoms with Crippen molar-refractivity contribution < 1.29 is 80.2 Å². The van der Waals surface area contributed by atoms with E-state index in [4.69, 9.17) is 37.0 Å². The van der Waals surface area contributed by atoms with E-state index in [2.05, 4.69) is 55.4 Å². The van der Waals surface area contributed by atoms with Crippen molar-refractivity contribution in [3.8, 4) is 0 Å². The van der Waals surface area contributed by atoms with Crippen LogP contribution in [0.3, 0.4) is 0 Å². The summed E-state index contributed by atoms with van der Waals surface area (Å²) in [6, 6.07) is 0. The summed E-state index contributed by atoms with van der Waals surface area (Å²) in [6.07, 6.45) is 55.7. The number of hydrogen-bond donors (Lipinski definition) is 3. The zero-order chi connectivity index (χ0) is 73.1. The third-order valence-electron chi connectivity index (χ3n) is 19.3. The van der Waals surface area contributed by atoms with E-state index in [1.165, 1.54) is 205 Å². The van der Waals surface area contributed by atoms with E-state index in [0.29, 0.717) is 31.6 Å². The highest BCUT2D eigenvalue weighted by atomic mass is 31.2. The molecule has 19 heteroatoms. The Labute approximate surface area is 607 Å². The van der Waals surface area contributed by atoms with Crippen LogP contribution in [0.4, 0.5) is 0 Å². The van der Waals surface area contributed by atoms with Gasteiger partial charge in [0, 0.05) is 25.7 Å². The molecule has 588 valence electrons.